The van der Waals surface area contributed by atoms with Gasteiger partial charge in [0.15, 0.2) is 6.17 Å². The Balaban J connectivity index is 2.09. The number of nitrogens with two attached hydrogens (primary N) is 1. The van der Waals surface area contributed by atoms with Gasteiger partial charge in [0.05, 0.1) is 12.5 Å². The summed E-state index contributed by atoms with van der Waals surface area (Å²) in [5, 5.41) is 4.09. The van der Waals surface area contributed by atoms with E-state index in [1.807, 2.05) is 24.2 Å². The van der Waals surface area contributed by atoms with Gasteiger partial charge in [-0.3, -0.25) is 0 Å². The van der Waals surface area contributed by atoms with Gasteiger partial charge in [0.25, 0.3) is 0 Å². The summed E-state index contributed by atoms with van der Waals surface area (Å²) in [5.41, 5.74) is 6.67. The zero-order valence-electron chi connectivity index (χ0n) is 8.70. The van der Waals surface area contributed by atoms with Gasteiger partial charge >= 0.3 is 0 Å². The van der Waals surface area contributed by atoms with Gasteiger partial charge in [-0.15, -0.1) is 0 Å². The molecule has 0 saturated carbocycles. The molecule has 1 aliphatic rings. The summed E-state index contributed by atoms with van der Waals surface area (Å²) in [6, 6.07) is 1.89. The molecule has 3 rings (SSSR count). The Hall–Kier alpha value is -2.31. The molecule has 16 heavy (non-hydrogen) atoms. The van der Waals surface area contributed by atoms with Crippen LogP contribution < -0.4 is 10.6 Å². The molecule has 3 heterocycles. The Kier molecular flexibility index (Phi) is 1.73. The van der Waals surface area contributed by atoms with Crippen molar-refractivity contribution in [3.63, 3.8) is 0 Å². The maximum Gasteiger partial charge on any atom is 0.220 e. The third kappa shape index (κ3) is 1.11. The van der Waals surface area contributed by atoms with E-state index in [0.717, 1.165) is 11.5 Å². The fourth-order valence-corrected chi connectivity index (χ4v) is 1.81. The molecule has 0 aliphatic carbocycles. The van der Waals surface area contributed by atoms with Gasteiger partial charge in [0.1, 0.15) is 11.5 Å². The van der Waals surface area contributed by atoms with Crippen LogP contribution >= 0.6 is 0 Å². The van der Waals surface area contributed by atoms with Gasteiger partial charge in [-0.2, -0.15) is 9.78 Å². The molecule has 0 fully saturated rings. The zero-order chi connectivity index (χ0) is 11.1. The molecule has 7 heteroatoms. The van der Waals surface area contributed by atoms with E-state index in [1.165, 1.54) is 0 Å². The Morgan fingerprint density at radius 1 is 1.50 bits per heavy atom. The van der Waals surface area contributed by atoms with Crippen molar-refractivity contribution in [1.29, 1.82) is 0 Å². The number of hydrogen-bond acceptors (Lipinski definition) is 5. The molecule has 0 amide bonds. The lowest BCUT2D eigenvalue weighted by molar-refractivity contribution is 0.637. The summed E-state index contributed by atoms with van der Waals surface area (Å²) in [4.78, 5) is 13.4. The Morgan fingerprint density at radius 3 is 3.12 bits per heavy atom. The second-order valence-corrected chi connectivity index (χ2v) is 3.57. The molecule has 0 radical (unpaired) electrons. The van der Waals surface area contributed by atoms with Crippen LogP contribution in [0.3, 0.4) is 0 Å². The first kappa shape index (κ1) is 8.96. The van der Waals surface area contributed by atoms with Crippen molar-refractivity contribution in [1.82, 2.24) is 19.7 Å². The van der Waals surface area contributed by atoms with Crippen LogP contribution in [-0.4, -0.2) is 32.8 Å². The van der Waals surface area contributed by atoms with Crippen LogP contribution in [0.4, 0.5) is 5.82 Å². The highest BCUT2D eigenvalue weighted by molar-refractivity contribution is 5.84. The number of nitrogens with zero attached hydrogens (tertiary/aromatic N) is 5. The third-order valence-corrected chi connectivity index (χ3v) is 2.61. The number of imidazole rings is 1. The molecule has 3 N–H and O–H groups in total. The van der Waals surface area contributed by atoms with Crippen LogP contribution in [0.25, 0.3) is 0 Å². The van der Waals surface area contributed by atoms with Gasteiger partial charge in [-0.25, -0.2) is 9.98 Å². The molecule has 1 unspecified atom stereocenters. The Bertz CT molecular complexity index is 524. The van der Waals surface area contributed by atoms with Crippen LogP contribution in [-0.2, 0) is 0 Å². The number of fused-ring (bicyclic) bond motifs is 1. The van der Waals surface area contributed by atoms with Crippen LogP contribution in [0, 0.1) is 0 Å². The van der Waals surface area contributed by atoms with Gasteiger partial charge < -0.3 is 15.6 Å². The lowest BCUT2D eigenvalue weighted by atomic mass is 10.3. The van der Waals surface area contributed by atoms with Gasteiger partial charge in [0.2, 0.25) is 5.96 Å². The lowest BCUT2D eigenvalue weighted by Crippen LogP contribution is -2.37. The minimum absolute atomic E-state index is 0.199. The molecule has 7 nitrogen and oxygen atoms in total. The molecule has 82 valence electrons. The number of aromatic nitrogens is 4. The van der Waals surface area contributed by atoms with Crippen LogP contribution in [0.5, 0.6) is 0 Å². The number of anilines is 1. The number of aliphatic imine (C=N–C) groups is 1. The average Bonchev–Trinajstić information content (AvgIpc) is 2.92. The van der Waals surface area contributed by atoms with Crippen LogP contribution in [0.15, 0.2) is 29.8 Å². The Morgan fingerprint density at radius 2 is 2.38 bits per heavy atom. The highest BCUT2D eigenvalue weighted by Crippen LogP contribution is 2.28. The molecular formula is C9H11N7. The number of hydrogen-bond donors (Lipinski definition) is 2. The van der Waals surface area contributed by atoms with E-state index >= 15 is 0 Å². The molecular weight excluding hydrogens is 206 g/mol. The predicted molar refractivity (Wildman–Crippen MR) is 59.0 cm³/mol. The lowest BCUT2D eigenvalue weighted by Gasteiger charge is -2.29. The fourth-order valence-electron chi connectivity index (χ4n) is 1.81. The van der Waals surface area contributed by atoms with Crippen molar-refractivity contribution in [2.24, 2.45) is 10.7 Å². The number of nitrogens with one attached hydrogen (secondary N) is 1. The summed E-state index contributed by atoms with van der Waals surface area (Å²) < 4.78 is 1.60. The van der Waals surface area contributed by atoms with Gasteiger partial charge in [0, 0.05) is 19.3 Å². The topological polar surface area (TPSA) is 88.1 Å². The van der Waals surface area contributed by atoms with Crippen LogP contribution in [0.1, 0.15) is 11.9 Å². The van der Waals surface area contributed by atoms with Crippen molar-refractivity contribution in [2.45, 2.75) is 6.17 Å². The minimum Gasteiger partial charge on any atom is -0.368 e. The second kappa shape index (κ2) is 3.09. The molecule has 1 aliphatic heterocycles. The molecule has 0 aromatic carbocycles. The van der Waals surface area contributed by atoms with Gasteiger partial charge in [-0.05, 0) is 0 Å². The van der Waals surface area contributed by atoms with E-state index in [9.17, 15) is 0 Å². The average molecular weight is 217 g/mol. The summed E-state index contributed by atoms with van der Waals surface area (Å²) in [6.45, 7) is 0. The van der Waals surface area contributed by atoms with E-state index in [2.05, 4.69) is 20.1 Å². The standard InChI is InChI=1S/C9H11N7/c1-15-7-2-3-13-16(7)9(10)14-8(15)6-4-11-5-12-6/h2-5,8H,1H3,(H2,10,14)(H,11,12). The van der Waals surface area contributed by atoms with Crippen molar-refractivity contribution in [3.05, 3.63) is 30.5 Å². The first-order valence-corrected chi connectivity index (χ1v) is 4.86. The normalized spacial score (nSPS) is 19.4. The molecule has 0 bridgehead atoms. The quantitative estimate of drug-likeness (QED) is 0.699. The molecule has 0 spiro atoms. The molecule has 0 saturated heterocycles. The minimum atomic E-state index is -0.199. The summed E-state index contributed by atoms with van der Waals surface area (Å²) >= 11 is 0. The summed E-state index contributed by atoms with van der Waals surface area (Å²) in [6.07, 6.45) is 4.93. The fraction of sp³-hybridized carbons (Fsp3) is 0.222. The molecule has 1 atom stereocenters. The maximum absolute atomic E-state index is 5.84. The number of aromatic amines is 1. The van der Waals surface area contributed by atoms with E-state index in [-0.39, 0.29) is 6.17 Å². The van der Waals surface area contributed by atoms with Gasteiger partial charge in [-0.1, -0.05) is 0 Å². The highest BCUT2D eigenvalue weighted by atomic mass is 15.5. The maximum atomic E-state index is 5.84. The van der Waals surface area contributed by atoms with Crippen molar-refractivity contribution in [2.75, 3.05) is 11.9 Å². The van der Waals surface area contributed by atoms with E-state index in [4.69, 9.17) is 5.73 Å². The second-order valence-electron chi connectivity index (χ2n) is 3.57. The van der Waals surface area contributed by atoms with Crippen molar-refractivity contribution >= 4 is 11.8 Å². The monoisotopic (exact) mass is 217 g/mol. The first-order chi connectivity index (χ1) is 7.77. The SMILES string of the molecule is CN1c2ccnn2C(N)=NC1c1c[nH]cn1. The molecule has 2 aromatic heterocycles. The smallest absolute Gasteiger partial charge is 0.220 e. The largest absolute Gasteiger partial charge is 0.368 e. The summed E-state index contributed by atoms with van der Waals surface area (Å²) in [5.74, 6) is 1.28. The van der Waals surface area contributed by atoms with E-state index in [1.54, 1.807) is 17.2 Å². The predicted octanol–water partition coefficient (Wildman–Crippen LogP) is -0.0824. The van der Waals surface area contributed by atoms with Crippen molar-refractivity contribution in [3.8, 4) is 0 Å². The Labute approximate surface area is 91.6 Å². The third-order valence-electron chi connectivity index (χ3n) is 2.61. The number of rotatable bonds is 1. The van der Waals surface area contributed by atoms with E-state index < -0.39 is 0 Å². The van der Waals surface area contributed by atoms with E-state index in [0.29, 0.717) is 5.96 Å². The molecule has 2 aromatic rings. The zero-order valence-corrected chi connectivity index (χ0v) is 8.70. The van der Waals surface area contributed by atoms with Crippen LogP contribution in [0.2, 0.25) is 0 Å². The summed E-state index contributed by atoms with van der Waals surface area (Å²) in [7, 11) is 1.93. The first-order valence-electron chi connectivity index (χ1n) is 4.86. The highest BCUT2D eigenvalue weighted by Gasteiger charge is 2.26. The van der Waals surface area contributed by atoms with Crippen molar-refractivity contribution < 1.29 is 0 Å². The number of H-pyrrole nitrogens is 1.